The summed E-state index contributed by atoms with van der Waals surface area (Å²) in [6, 6.07) is 92.0. The zero-order valence-corrected chi connectivity index (χ0v) is 73.0. The van der Waals surface area contributed by atoms with Crippen molar-refractivity contribution in [3.63, 3.8) is 0 Å². The van der Waals surface area contributed by atoms with Crippen molar-refractivity contribution in [3.8, 4) is 39.5 Å². The van der Waals surface area contributed by atoms with E-state index < -0.39 is 6.85 Å². The highest BCUT2D eigenvalue weighted by molar-refractivity contribution is 6.22. The highest BCUT2D eigenvalue weighted by Gasteiger charge is 2.30. The Balaban J connectivity index is 0.0000000985. The summed E-state index contributed by atoms with van der Waals surface area (Å²) in [5.41, 5.74) is 25.6. The first-order valence-corrected chi connectivity index (χ1v) is 43.0. The maximum Gasteiger partial charge on any atom is 0.243 e. The molecule has 0 N–H and O–H groups in total. The third-order valence-electron chi connectivity index (χ3n) is 25.7. The second-order valence-electron chi connectivity index (χ2n) is 33.6. The van der Waals surface area contributed by atoms with Crippen molar-refractivity contribution >= 4 is 169 Å². The number of furan rings is 5. The van der Waals surface area contributed by atoms with Crippen molar-refractivity contribution < 1.29 is 44.9 Å². The number of anilines is 1. The summed E-state index contributed by atoms with van der Waals surface area (Å²) in [6.45, 7) is 14.7. The fourth-order valence-corrected chi connectivity index (χ4v) is 18.9. The van der Waals surface area contributed by atoms with Gasteiger partial charge in [0.25, 0.3) is 0 Å². The molecule has 0 saturated carbocycles. The van der Waals surface area contributed by atoms with E-state index in [1.807, 2.05) is 118 Å². The lowest BCUT2D eigenvalue weighted by Crippen LogP contribution is -2.37. The summed E-state index contributed by atoms with van der Waals surface area (Å²) in [7, 11) is 9.96. The number of hydrogen-bond donors (Lipinski definition) is 0. The number of rotatable bonds is 5. The van der Waals surface area contributed by atoms with Crippen molar-refractivity contribution in [3.05, 3.63) is 355 Å². The van der Waals surface area contributed by atoms with Gasteiger partial charge in [0.2, 0.25) is 17.1 Å². The van der Waals surface area contributed by atoms with Crippen LogP contribution in [0.3, 0.4) is 0 Å². The second kappa shape index (κ2) is 31.3. The average molecular weight is 1660 g/mol. The Morgan fingerprint density at radius 3 is 1.20 bits per heavy atom. The molecule has 1 aliphatic heterocycles. The van der Waals surface area contributed by atoms with Gasteiger partial charge in [0.1, 0.15) is 50.8 Å². The molecular weight excluding hydrogens is 1570 g/mol. The number of hydrogen-bond acceptors (Lipinski definition) is 10. The minimum Gasteiger partial charge on any atom is -0.454 e. The molecule has 15 heteroatoms. The summed E-state index contributed by atoms with van der Waals surface area (Å²) >= 11 is 0. The van der Waals surface area contributed by atoms with Gasteiger partial charge in [0.15, 0.2) is 51.2 Å². The number of fused-ring (bicyclic) bond motifs is 25. The summed E-state index contributed by atoms with van der Waals surface area (Å²) in [5, 5.41) is 35.5. The van der Waals surface area contributed by atoms with Gasteiger partial charge < -0.3 is 31.9 Å². The number of nitrogens with zero attached hydrogens (tertiary/aromatic N) is 10. The monoisotopic (exact) mass is 1660 g/mol. The predicted octanol–water partition coefficient (Wildman–Crippen LogP) is 26.0. The van der Waals surface area contributed by atoms with Gasteiger partial charge in [0, 0.05) is 129 Å². The van der Waals surface area contributed by atoms with Crippen LogP contribution >= 0.6 is 0 Å². The first-order valence-electron chi connectivity index (χ1n) is 44.5. The molecule has 0 amide bonds. The van der Waals surface area contributed by atoms with Gasteiger partial charge in [-0.3, -0.25) is 0 Å². The lowest BCUT2D eigenvalue weighted by atomic mass is 9.96. The minimum atomic E-state index is -2.25. The molecule has 1 atom stereocenters. The molecule has 15 nitrogen and oxygen atoms in total. The molecular formula is C112H94N10O5+4. The second-order valence-corrected chi connectivity index (χ2v) is 33.6. The van der Waals surface area contributed by atoms with E-state index in [0.717, 1.165) is 160 Å². The van der Waals surface area contributed by atoms with Crippen LogP contribution < -0.4 is 23.6 Å². The van der Waals surface area contributed by atoms with Crippen LogP contribution in [0, 0.1) is 55.3 Å². The molecule has 0 fully saturated rings. The fraction of sp³-hybridized carbons (Fsp3) is 0.134. The zero-order chi connectivity index (χ0) is 89.4. The fourth-order valence-electron chi connectivity index (χ4n) is 18.9. The van der Waals surface area contributed by atoms with Crippen LogP contribution in [0.2, 0.25) is 0 Å². The zero-order valence-electron chi connectivity index (χ0n) is 76.0. The van der Waals surface area contributed by atoms with Crippen LogP contribution in [0.5, 0.6) is 0 Å². The SMILES string of the molecule is Cc1cc2c(oc3c4ccccc4ccc23)c(-c2cccn[n+]2C)c1C.Cc1ccc2c(oc3c4ccccc4ccc23)c1-n1ccc[n+]1C.Cc1ccc2c(oc3c4ccccc4ccc23)c1N1C=CN(C)C1C.Cc1cn[n+](C)c(-c2c(C)ccc3c2oc2c4ccccc4ccc32)c1.[2H]C([2H])([2H])c1cc(C)c(-c2cccn[n+]2C)c2oc3c4ccccc4ccc3c12. The predicted molar refractivity (Wildman–Crippen MR) is 517 cm³/mol. The van der Waals surface area contributed by atoms with E-state index in [1.165, 1.54) is 70.9 Å². The van der Waals surface area contributed by atoms with Gasteiger partial charge >= 0.3 is 0 Å². The maximum absolute atomic E-state index is 8.12. The minimum absolute atomic E-state index is 0.272. The van der Waals surface area contributed by atoms with Crippen LogP contribution in [0.15, 0.2) is 332 Å². The standard InChI is InChI=1S/3C23H19N2O.C22H20N2O.C21H17N2O/c1-14-13-19-18-11-10-16-7-4-5-8-17(16)22(18)26-23(19)21(15(14)2)20-9-6-12-24-25(20)3;1-14-13-15(2)21(19-9-6-12-24-25(19)3)23-20(14)18-11-10-16-7-4-5-8-17(16)22(18)26-23;1-14-12-20(25(3)24-13-14)21-15(2)8-10-19-18-11-9-16-6-4-5-7-17(16)22(18)26-23(19)21;1-14-8-10-19-18-11-9-16-6-4-5-7-17(16)21(18)25-22(19)20(14)24-13-12-23(3)15(24)2;1-14-8-10-18-17-11-9-15-6-3-4-7-16(15)20(17)24-21(18)19(14)23-13-5-12-22(23)2/h3*4-13H,1-3H3;4-13,15H,1-3H3;3-13H,1-2H3/q3*+1;;+1/i;1D3;;;. The molecule has 0 saturated heterocycles. The number of benzene rings is 15. The van der Waals surface area contributed by atoms with Crippen molar-refractivity contribution in [2.45, 2.75) is 68.4 Å². The van der Waals surface area contributed by atoms with E-state index >= 15 is 0 Å². The normalized spacial score (nSPS) is 13.3. The summed E-state index contributed by atoms with van der Waals surface area (Å²) < 4.78 is 66.5. The van der Waals surface area contributed by atoms with Gasteiger partial charge in [-0.25, -0.2) is 0 Å². The number of aromatic nitrogens is 8. The van der Waals surface area contributed by atoms with Gasteiger partial charge in [-0.2, -0.15) is 0 Å². The van der Waals surface area contributed by atoms with E-state index in [0.29, 0.717) is 22.1 Å². The van der Waals surface area contributed by atoms with E-state index in [-0.39, 0.29) is 6.17 Å². The van der Waals surface area contributed by atoms with Gasteiger partial charge in [-0.05, 0) is 198 Å². The smallest absolute Gasteiger partial charge is 0.243 e. The Morgan fingerprint density at radius 2 is 0.724 bits per heavy atom. The highest BCUT2D eigenvalue weighted by Crippen LogP contribution is 2.47. The van der Waals surface area contributed by atoms with Gasteiger partial charge in [-0.15, -0.1) is 9.36 Å². The molecule has 1 aliphatic rings. The van der Waals surface area contributed by atoms with Crippen LogP contribution in [0.25, 0.3) is 203 Å². The Morgan fingerprint density at radius 1 is 0.323 bits per heavy atom. The maximum atomic E-state index is 8.12. The molecule has 618 valence electrons. The number of aryl methyl sites for hydroxylation is 11. The molecule has 10 heterocycles. The Bertz CT molecular complexity index is 8790. The molecule has 25 rings (SSSR count). The van der Waals surface area contributed by atoms with E-state index in [9.17, 15) is 0 Å². The average Bonchev–Trinajstić information content (AvgIpc) is 1.58. The molecule has 0 spiro atoms. The van der Waals surface area contributed by atoms with Crippen molar-refractivity contribution in [1.29, 1.82) is 0 Å². The quantitative estimate of drug-likeness (QED) is 0.153. The Hall–Kier alpha value is -15.6. The lowest BCUT2D eigenvalue weighted by molar-refractivity contribution is -0.744. The van der Waals surface area contributed by atoms with Gasteiger partial charge in [0.05, 0.1) is 47.2 Å². The molecule has 9 aromatic heterocycles. The summed E-state index contributed by atoms with van der Waals surface area (Å²) in [4.78, 5) is 4.50. The largest absolute Gasteiger partial charge is 0.454 e. The Labute approximate surface area is 737 Å². The molecule has 127 heavy (non-hydrogen) atoms. The van der Waals surface area contributed by atoms with Crippen molar-refractivity contribution in [2.24, 2.45) is 28.2 Å². The van der Waals surface area contributed by atoms with Crippen LogP contribution in [-0.4, -0.2) is 38.1 Å². The van der Waals surface area contributed by atoms with Crippen molar-refractivity contribution in [2.75, 3.05) is 11.9 Å². The molecule has 0 aliphatic carbocycles. The summed E-state index contributed by atoms with van der Waals surface area (Å²) in [5.74, 6) is 0. The molecule has 1 unspecified atom stereocenters. The van der Waals surface area contributed by atoms with Crippen molar-refractivity contribution in [1.82, 2.24) is 24.9 Å². The van der Waals surface area contributed by atoms with E-state index in [1.54, 1.807) is 23.1 Å². The summed E-state index contributed by atoms with van der Waals surface area (Å²) in [6.07, 6.45) is 14.0. The molecule has 24 aromatic rings. The van der Waals surface area contributed by atoms with Crippen LogP contribution in [0.1, 0.15) is 55.5 Å². The molecule has 0 radical (unpaired) electrons. The van der Waals surface area contributed by atoms with Crippen LogP contribution in [-0.2, 0) is 28.2 Å². The third-order valence-corrected chi connectivity index (χ3v) is 25.7. The first-order chi connectivity index (χ1) is 63.0. The third kappa shape index (κ3) is 13.2. The first kappa shape index (κ1) is 75.2. The lowest BCUT2D eigenvalue weighted by Gasteiger charge is -2.28. The molecule has 15 aromatic carbocycles. The Kier molecular flexibility index (Phi) is 18.5. The van der Waals surface area contributed by atoms with Crippen LogP contribution in [0.4, 0.5) is 5.69 Å². The van der Waals surface area contributed by atoms with Gasteiger partial charge in [-0.1, -0.05) is 208 Å². The van der Waals surface area contributed by atoms with E-state index in [2.05, 4.69) is 309 Å². The molecule has 0 bridgehead atoms. The topological polar surface area (TPSA) is 131 Å². The highest BCUT2D eigenvalue weighted by atomic mass is 16.3. The van der Waals surface area contributed by atoms with E-state index in [4.69, 9.17) is 26.2 Å².